The van der Waals surface area contributed by atoms with Crippen molar-refractivity contribution < 1.29 is 14.3 Å². The van der Waals surface area contributed by atoms with E-state index in [-0.39, 0.29) is 5.91 Å². The maximum Gasteiger partial charge on any atom is 0.337 e. The van der Waals surface area contributed by atoms with Crippen LogP contribution < -0.4 is 5.32 Å². The summed E-state index contributed by atoms with van der Waals surface area (Å²) in [6.07, 6.45) is 0.931. The molecule has 2 aromatic carbocycles. The highest BCUT2D eigenvalue weighted by molar-refractivity contribution is 6.59. The fourth-order valence-corrected chi connectivity index (χ4v) is 2.97. The van der Waals surface area contributed by atoms with Crippen molar-refractivity contribution in [2.24, 2.45) is 0 Å². The molecule has 0 atom stereocenters. The Balaban J connectivity index is 2.11. The van der Waals surface area contributed by atoms with Crippen molar-refractivity contribution in [3.05, 3.63) is 64.7 Å². The number of carbonyl (C=O) groups excluding carboxylic acids is 2. The van der Waals surface area contributed by atoms with Crippen LogP contribution in [0.4, 0.5) is 5.69 Å². The number of fused-ring (bicyclic) bond motifs is 1. The predicted octanol–water partition coefficient (Wildman–Crippen LogP) is 4.09. The third kappa shape index (κ3) is 2.81. The first-order valence-electron chi connectivity index (χ1n) is 7.58. The molecule has 0 radical (unpaired) electrons. The summed E-state index contributed by atoms with van der Waals surface area (Å²) in [6.45, 7) is 2.07. The van der Waals surface area contributed by atoms with E-state index in [1.807, 2.05) is 24.3 Å². The smallest absolute Gasteiger partial charge is 0.337 e. The Morgan fingerprint density at radius 1 is 1.12 bits per heavy atom. The Labute approximate surface area is 145 Å². The average Bonchev–Trinajstić information content (AvgIpc) is 2.95. The monoisotopic (exact) mass is 341 g/mol. The number of rotatable bonds is 3. The minimum absolute atomic E-state index is 0.281. The van der Waals surface area contributed by atoms with Gasteiger partial charge in [0, 0.05) is 11.3 Å². The number of esters is 1. The highest BCUT2D eigenvalue weighted by atomic mass is 35.5. The van der Waals surface area contributed by atoms with E-state index >= 15 is 0 Å². The second-order valence-electron chi connectivity index (χ2n) is 5.45. The first-order valence-corrected chi connectivity index (χ1v) is 7.96. The van der Waals surface area contributed by atoms with E-state index in [0.29, 0.717) is 27.4 Å². The lowest BCUT2D eigenvalue weighted by Gasteiger charge is -2.06. The highest BCUT2D eigenvalue weighted by Gasteiger charge is 2.28. The molecular formula is C19H16ClNO3. The number of benzene rings is 2. The van der Waals surface area contributed by atoms with Gasteiger partial charge in [0.15, 0.2) is 0 Å². The fourth-order valence-electron chi connectivity index (χ4n) is 2.66. The molecule has 0 unspecified atom stereocenters. The van der Waals surface area contributed by atoms with Gasteiger partial charge in [-0.1, -0.05) is 42.8 Å². The Kier molecular flexibility index (Phi) is 4.40. The van der Waals surface area contributed by atoms with Gasteiger partial charge in [-0.25, -0.2) is 4.79 Å². The molecule has 0 fully saturated rings. The number of carbonyl (C=O) groups is 2. The molecule has 0 saturated carbocycles. The maximum atomic E-state index is 12.4. The molecule has 1 amide bonds. The fraction of sp³-hybridized carbons (Fsp3) is 0.158. The van der Waals surface area contributed by atoms with Crippen LogP contribution in [-0.4, -0.2) is 19.0 Å². The van der Waals surface area contributed by atoms with Crippen LogP contribution in [0.2, 0.25) is 0 Å². The highest BCUT2D eigenvalue weighted by Crippen LogP contribution is 2.39. The zero-order valence-electron chi connectivity index (χ0n) is 13.4. The van der Waals surface area contributed by atoms with Gasteiger partial charge in [0.25, 0.3) is 5.91 Å². The molecule has 122 valence electrons. The van der Waals surface area contributed by atoms with Gasteiger partial charge in [-0.05, 0) is 35.7 Å². The number of anilines is 1. The van der Waals surface area contributed by atoms with E-state index in [1.54, 1.807) is 18.2 Å². The molecule has 0 saturated heterocycles. The number of ether oxygens (including phenoxy) is 1. The topological polar surface area (TPSA) is 55.4 Å². The van der Waals surface area contributed by atoms with Crippen molar-refractivity contribution in [1.82, 2.24) is 0 Å². The number of hydrogen-bond acceptors (Lipinski definition) is 3. The maximum absolute atomic E-state index is 12.4. The molecule has 0 spiro atoms. The minimum Gasteiger partial charge on any atom is -0.465 e. The molecular weight excluding hydrogens is 326 g/mol. The van der Waals surface area contributed by atoms with Gasteiger partial charge >= 0.3 is 5.97 Å². The van der Waals surface area contributed by atoms with Gasteiger partial charge < -0.3 is 10.1 Å². The molecule has 1 aliphatic rings. The van der Waals surface area contributed by atoms with Gasteiger partial charge in [-0.2, -0.15) is 0 Å². The van der Waals surface area contributed by atoms with E-state index in [1.165, 1.54) is 12.7 Å². The van der Waals surface area contributed by atoms with Crippen molar-refractivity contribution >= 4 is 39.8 Å². The van der Waals surface area contributed by atoms with Crippen LogP contribution in [0.25, 0.3) is 10.6 Å². The SMILES string of the molecule is CCc1ccc(/C(Cl)=C2/C(=O)Nc3ccc(C(=O)OC)cc32)cc1. The van der Waals surface area contributed by atoms with Crippen LogP contribution in [0.1, 0.15) is 34.0 Å². The van der Waals surface area contributed by atoms with E-state index in [4.69, 9.17) is 16.3 Å². The van der Waals surface area contributed by atoms with Gasteiger partial charge in [-0.3, -0.25) is 4.79 Å². The van der Waals surface area contributed by atoms with Crippen molar-refractivity contribution in [2.75, 3.05) is 12.4 Å². The number of methoxy groups -OCH3 is 1. The molecule has 5 heteroatoms. The van der Waals surface area contributed by atoms with Crippen molar-refractivity contribution in [1.29, 1.82) is 0 Å². The number of aryl methyl sites for hydroxylation is 1. The summed E-state index contributed by atoms with van der Waals surface area (Å²) in [5.74, 6) is -0.739. The first-order chi connectivity index (χ1) is 11.5. The van der Waals surface area contributed by atoms with E-state index in [0.717, 1.165) is 12.0 Å². The van der Waals surface area contributed by atoms with Crippen LogP contribution >= 0.6 is 11.6 Å². The third-order valence-electron chi connectivity index (χ3n) is 4.02. The van der Waals surface area contributed by atoms with Gasteiger partial charge in [0.1, 0.15) is 0 Å². The Morgan fingerprint density at radius 2 is 1.79 bits per heavy atom. The molecule has 1 aliphatic heterocycles. The Bertz CT molecular complexity index is 853. The largest absolute Gasteiger partial charge is 0.465 e. The average molecular weight is 342 g/mol. The number of hydrogen-bond donors (Lipinski definition) is 1. The summed E-state index contributed by atoms with van der Waals surface area (Å²) in [6, 6.07) is 12.7. The molecule has 3 rings (SSSR count). The van der Waals surface area contributed by atoms with Crippen molar-refractivity contribution in [3.8, 4) is 0 Å². The molecule has 4 nitrogen and oxygen atoms in total. The summed E-state index contributed by atoms with van der Waals surface area (Å²) < 4.78 is 4.74. The lowest BCUT2D eigenvalue weighted by atomic mass is 10.0. The van der Waals surface area contributed by atoms with Gasteiger partial charge in [0.2, 0.25) is 0 Å². The standard InChI is InChI=1S/C19H16ClNO3/c1-3-11-4-6-12(7-5-11)17(20)16-14-10-13(19(23)24-2)8-9-15(14)21-18(16)22/h4-10H,3H2,1-2H3,(H,21,22)/b17-16-. The third-order valence-corrected chi connectivity index (χ3v) is 4.43. The van der Waals surface area contributed by atoms with Gasteiger partial charge in [0.05, 0.1) is 23.3 Å². The summed E-state index contributed by atoms with van der Waals surface area (Å²) in [5, 5.41) is 3.13. The van der Waals surface area contributed by atoms with Crippen molar-refractivity contribution in [2.45, 2.75) is 13.3 Å². The van der Waals surface area contributed by atoms with Crippen LogP contribution in [-0.2, 0) is 16.0 Å². The van der Waals surface area contributed by atoms with Crippen LogP contribution in [0.5, 0.6) is 0 Å². The summed E-state index contributed by atoms with van der Waals surface area (Å²) in [7, 11) is 1.32. The first kappa shape index (κ1) is 16.3. The summed E-state index contributed by atoms with van der Waals surface area (Å²) in [5.41, 5.74) is 3.92. The second kappa shape index (κ2) is 6.49. The van der Waals surface area contributed by atoms with Crippen LogP contribution in [0, 0.1) is 0 Å². The molecule has 1 N–H and O–H groups in total. The molecule has 0 aromatic heterocycles. The molecule has 0 bridgehead atoms. The zero-order valence-corrected chi connectivity index (χ0v) is 14.1. The van der Waals surface area contributed by atoms with E-state index < -0.39 is 5.97 Å². The Hall–Kier alpha value is -2.59. The molecule has 2 aromatic rings. The molecule has 0 aliphatic carbocycles. The normalized spacial score (nSPS) is 14.9. The van der Waals surface area contributed by atoms with E-state index in [9.17, 15) is 9.59 Å². The molecule has 1 heterocycles. The van der Waals surface area contributed by atoms with Crippen LogP contribution in [0.3, 0.4) is 0 Å². The van der Waals surface area contributed by atoms with Crippen LogP contribution in [0.15, 0.2) is 42.5 Å². The molecule has 24 heavy (non-hydrogen) atoms. The van der Waals surface area contributed by atoms with Crippen molar-refractivity contribution in [3.63, 3.8) is 0 Å². The predicted molar refractivity (Wildman–Crippen MR) is 94.9 cm³/mol. The number of amides is 1. The lowest BCUT2D eigenvalue weighted by Crippen LogP contribution is -2.04. The number of halogens is 1. The quantitative estimate of drug-likeness (QED) is 0.675. The summed E-state index contributed by atoms with van der Waals surface area (Å²) >= 11 is 6.50. The zero-order chi connectivity index (χ0) is 17.3. The van der Waals surface area contributed by atoms with E-state index in [2.05, 4.69) is 12.2 Å². The Morgan fingerprint density at radius 3 is 2.42 bits per heavy atom. The second-order valence-corrected chi connectivity index (χ2v) is 5.82. The van der Waals surface area contributed by atoms with Gasteiger partial charge in [-0.15, -0.1) is 0 Å². The number of nitrogens with one attached hydrogen (secondary N) is 1. The minimum atomic E-state index is -0.458. The summed E-state index contributed by atoms with van der Waals surface area (Å²) in [4.78, 5) is 24.1. The lowest BCUT2D eigenvalue weighted by molar-refractivity contribution is -0.110.